The van der Waals surface area contributed by atoms with Gasteiger partial charge in [-0.25, -0.2) is 0 Å². The monoisotopic (exact) mass is 317 g/mol. The van der Waals surface area contributed by atoms with Gasteiger partial charge in [0.15, 0.2) is 0 Å². The molecule has 1 aliphatic rings. The summed E-state index contributed by atoms with van der Waals surface area (Å²) >= 11 is 0. The molecule has 2 amide bonds. The molecule has 0 bridgehead atoms. The third-order valence-corrected chi connectivity index (χ3v) is 4.09. The Morgan fingerprint density at radius 1 is 1.04 bits per heavy atom. The summed E-state index contributed by atoms with van der Waals surface area (Å²) < 4.78 is 0. The van der Waals surface area contributed by atoms with Crippen LogP contribution >= 0.6 is 0 Å². The molecule has 5 heteroatoms. The summed E-state index contributed by atoms with van der Waals surface area (Å²) in [5, 5.41) is 6.00. The molecular formula is C18H27N3O2. The first-order chi connectivity index (χ1) is 11.2. The quantitative estimate of drug-likeness (QED) is 0.848. The van der Waals surface area contributed by atoms with E-state index in [1.54, 1.807) is 12.1 Å². The minimum absolute atomic E-state index is 0.0564. The molecule has 0 spiro atoms. The molecule has 0 aliphatic carbocycles. The van der Waals surface area contributed by atoms with Crippen molar-refractivity contribution in [2.24, 2.45) is 0 Å². The van der Waals surface area contributed by atoms with E-state index in [-0.39, 0.29) is 11.8 Å². The van der Waals surface area contributed by atoms with Crippen molar-refractivity contribution in [1.29, 1.82) is 0 Å². The van der Waals surface area contributed by atoms with Gasteiger partial charge in [0.25, 0.3) is 5.91 Å². The van der Waals surface area contributed by atoms with Crippen molar-refractivity contribution in [3.8, 4) is 0 Å². The second kappa shape index (κ2) is 9.18. The zero-order chi connectivity index (χ0) is 16.5. The van der Waals surface area contributed by atoms with Gasteiger partial charge in [-0.3, -0.25) is 9.59 Å². The number of anilines is 1. The van der Waals surface area contributed by atoms with Gasteiger partial charge in [0, 0.05) is 30.9 Å². The van der Waals surface area contributed by atoms with E-state index in [0.717, 1.165) is 38.0 Å². The van der Waals surface area contributed by atoms with Crippen LogP contribution in [0.5, 0.6) is 0 Å². The number of rotatable bonds is 6. The summed E-state index contributed by atoms with van der Waals surface area (Å²) in [7, 11) is 0. The predicted octanol–water partition coefficient (Wildman–Crippen LogP) is 2.64. The van der Waals surface area contributed by atoms with Crippen molar-refractivity contribution < 1.29 is 9.59 Å². The lowest BCUT2D eigenvalue weighted by molar-refractivity contribution is -0.129. The Balaban J connectivity index is 1.81. The van der Waals surface area contributed by atoms with Crippen molar-refractivity contribution >= 4 is 17.5 Å². The first-order valence-corrected chi connectivity index (χ1v) is 8.60. The SMILES string of the molecule is CCCNC(=O)c1ccc(NCC(=O)N2CCCCCC2)cc1. The smallest absolute Gasteiger partial charge is 0.251 e. The van der Waals surface area contributed by atoms with Gasteiger partial charge in [0.2, 0.25) is 5.91 Å². The minimum atomic E-state index is -0.0564. The van der Waals surface area contributed by atoms with E-state index in [4.69, 9.17) is 0 Å². The maximum Gasteiger partial charge on any atom is 0.251 e. The molecule has 0 aromatic heterocycles. The standard InChI is InChI=1S/C18H27N3O2/c1-2-11-19-18(23)15-7-9-16(10-8-15)20-14-17(22)21-12-5-3-4-6-13-21/h7-10,20H,2-6,11-14H2,1H3,(H,19,23). The maximum atomic E-state index is 12.2. The zero-order valence-corrected chi connectivity index (χ0v) is 13.9. The minimum Gasteiger partial charge on any atom is -0.376 e. The molecule has 126 valence electrons. The van der Waals surface area contributed by atoms with Gasteiger partial charge in [-0.15, -0.1) is 0 Å². The highest BCUT2D eigenvalue weighted by Crippen LogP contribution is 2.12. The topological polar surface area (TPSA) is 61.4 Å². The van der Waals surface area contributed by atoms with E-state index in [9.17, 15) is 9.59 Å². The Labute approximate surface area is 138 Å². The van der Waals surface area contributed by atoms with Crippen molar-refractivity contribution in [2.45, 2.75) is 39.0 Å². The van der Waals surface area contributed by atoms with Crippen molar-refractivity contribution in [3.05, 3.63) is 29.8 Å². The Morgan fingerprint density at radius 3 is 2.30 bits per heavy atom. The highest BCUT2D eigenvalue weighted by molar-refractivity contribution is 5.94. The lowest BCUT2D eigenvalue weighted by Gasteiger charge is -2.20. The predicted molar refractivity (Wildman–Crippen MR) is 92.6 cm³/mol. The van der Waals surface area contributed by atoms with Gasteiger partial charge in [-0.05, 0) is 43.5 Å². The number of carbonyl (C=O) groups excluding carboxylic acids is 2. The molecule has 0 unspecified atom stereocenters. The fourth-order valence-electron chi connectivity index (χ4n) is 2.69. The molecule has 0 atom stereocenters. The number of hydrogen-bond donors (Lipinski definition) is 2. The molecule has 1 aliphatic heterocycles. The van der Waals surface area contributed by atoms with E-state index >= 15 is 0 Å². The summed E-state index contributed by atoms with van der Waals surface area (Å²) in [6, 6.07) is 7.25. The fourth-order valence-corrected chi connectivity index (χ4v) is 2.69. The number of amides is 2. The number of carbonyl (C=O) groups is 2. The first kappa shape index (κ1) is 17.3. The summed E-state index contributed by atoms with van der Waals surface area (Å²) in [6.07, 6.45) is 5.57. The molecule has 1 aromatic carbocycles. The van der Waals surface area contributed by atoms with Gasteiger partial charge < -0.3 is 15.5 Å². The Bertz CT molecular complexity index is 506. The second-order valence-electron chi connectivity index (χ2n) is 5.98. The summed E-state index contributed by atoms with van der Waals surface area (Å²) in [5.74, 6) is 0.0932. The third-order valence-electron chi connectivity index (χ3n) is 4.09. The highest BCUT2D eigenvalue weighted by atomic mass is 16.2. The molecule has 1 aromatic rings. The molecular weight excluding hydrogens is 290 g/mol. The van der Waals surface area contributed by atoms with Crippen molar-refractivity contribution in [3.63, 3.8) is 0 Å². The van der Waals surface area contributed by atoms with Crippen LogP contribution in [-0.2, 0) is 4.79 Å². The van der Waals surface area contributed by atoms with E-state index in [0.29, 0.717) is 18.7 Å². The van der Waals surface area contributed by atoms with Crippen LogP contribution in [0.2, 0.25) is 0 Å². The lowest BCUT2D eigenvalue weighted by atomic mass is 10.2. The van der Waals surface area contributed by atoms with Gasteiger partial charge in [0.1, 0.15) is 0 Å². The molecule has 1 fully saturated rings. The number of benzene rings is 1. The van der Waals surface area contributed by atoms with Crippen LogP contribution in [0.15, 0.2) is 24.3 Å². The van der Waals surface area contributed by atoms with Gasteiger partial charge in [-0.1, -0.05) is 19.8 Å². The first-order valence-electron chi connectivity index (χ1n) is 8.60. The molecule has 2 rings (SSSR count). The van der Waals surface area contributed by atoms with Crippen LogP contribution in [0, 0.1) is 0 Å². The molecule has 0 radical (unpaired) electrons. The van der Waals surface area contributed by atoms with Crippen LogP contribution in [0.4, 0.5) is 5.69 Å². The molecule has 1 heterocycles. The van der Waals surface area contributed by atoms with Crippen LogP contribution in [0.1, 0.15) is 49.4 Å². The lowest BCUT2D eigenvalue weighted by Crippen LogP contribution is -2.36. The van der Waals surface area contributed by atoms with Crippen molar-refractivity contribution in [1.82, 2.24) is 10.2 Å². The summed E-state index contributed by atoms with van der Waals surface area (Å²) in [6.45, 7) is 4.76. The average molecular weight is 317 g/mol. The van der Waals surface area contributed by atoms with Crippen LogP contribution in [-0.4, -0.2) is 42.9 Å². The number of nitrogens with zero attached hydrogens (tertiary/aromatic N) is 1. The Kier molecular flexibility index (Phi) is 6.91. The molecule has 0 saturated carbocycles. The molecule has 23 heavy (non-hydrogen) atoms. The largest absolute Gasteiger partial charge is 0.376 e. The number of nitrogens with one attached hydrogen (secondary N) is 2. The Morgan fingerprint density at radius 2 is 1.70 bits per heavy atom. The molecule has 5 nitrogen and oxygen atoms in total. The van der Waals surface area contributed by atoms with E-state index in [1.807, 2.05) is 24.0 Å². The molecule has 2 N–H and O–H groups in total. The fraction of sp³-hybridized carbons (Fsp3) is 0.556. The summed E-state index contributed by atoms with van der Waals surface area (Å²) in [5.41, 5.74) is 1.50. The normalized spacial score (nSPS) is 14.9. The number of hydrogen-bond acceptors (Lipinski definition) is 3. The third kappa shape index (κ3) is 5.58. The van der Waals surface area contributed by atoms with E-state index < -0.39 is 0 Å². The number of likely N-dealkylation sites (tertiary alicyclic amines) is 1. The maximum absolute atomic E-state index is 12.2. The van der Waals surface area contributed by atoms with Gasteiger partial charge in [0.05, 0.1) is 6.54 Å². The molecule has 1 saturated heterocycles. The van der Waals surface area contributed by atoms with Gasteiger partial charge >= 0.3 is 0 Å². The van der Waals surface area contributed by atoms with E-state index in [2.05, 4.69) is 10.6 Å². The highest BCUT2D eigenvalue weighted by Gasteiger charge is 2.15. The van der Waals surface area contributed by atoms with E-state index in [1.165, 1.54) is 12.8 Å². The van der Waals surface area contributed by atoms with Crippen LogP contribution in [0.25, 0.3) is 0 Å². The average Bonchev–Trinajstić information content (AvgIpc) is 2.87. The summed E-state index contributed by atoms with van der Waals surface area (Å²) in [4.78, 5) is 26.0. The van der Waals surface area contributed by atoms with Crippen LogP contribution in [0.3, 0.4) is 0 Å². The zero-order valence-electron chi connectivity index (χ0n) is 13.9. The van der Waals surface area contributed by atoms with Gasteiger partial charge in [-0.2, -0.15) is 0 Å². The van der Waals surface area contributed by atoms with Crippen molar-refractivity contribution in [2.75, 3.05) is 31.5 Å². The second-order valence-corrected chi connectivity index (χ2v) is 5.98. The van der Waals surface area contributed by atoms with Crippen LogP contribution < -0.4 is 10.6 Å². The Hall–Kier alpha value is -2.04.